The number of amides is 1. The molecule has 1 N–H and O–H groups in total. The number of nitrogens with one attached hydrogen (secondary N) is 1. The van der Waals surface area contributed by atoms with E-state index in [-0.39, 0.29) is 11.4 Å². The van der Waals surface area contributed by atoms with Gasteiger partial charge in [-0.15, -0.1) is 0 Å². The topological polar surface area (TPSA) is 59.3 Å². The Labute approximate surface area is 133 Å². The smallest absolute Gasteiger partial charge is 0.451 e. The van der Waals surface area contributed by atoms with Crippen LogP contribution in [0.15, 0.2) is 59.0 Å². The third kappa shape index (κ3) is 3.01. The summed E-state index contributed by atoms with van der Waals surface area (Å²) in [5.74, 6) is -2.83. The minimum absolute atomic E-state index is 0.0644. The van der Waals surface area contributed by atoms with Crippen LogP contribution in [0.3, 0.4) is 0 Å². The Kier molecular flexibility index (Phi) is 3.84. The van der Waals surface area contributed by atoms with Crippen LogP contribution in [0.25, 0.3) is 11.0 Å². The molecular formula is C17H10F3NO3. The maximum Gasteiger partial charge on any atom is 0.454 e. The molecule has 7 heteroatoms. The van der Waals surface area contributed by atoms with Gasteiger partial charge in [-0.3, -0.25) is 9.59 Å². The summed E-state index contributed by atoms with van der Waals surface area (Å²) < 4.78 is 43.3. The summed E-state index contributed by atoms with van der Waals surface area (Å²) in [5.41, 5.74) is -0.387. The van der Waals surface area contributed by atoms with E-state index >= 15 is 0 Å². The van der Waals surface area contributed by atoms with Crippen molar-refractivity contribution in [1.82, 2.24) is 0 Å². The number of furan rings is 1. The maximum absolute atomic E-state index is 12.6. The van der Waals surface area contributed by atoms with Gasteiger partial charge in [0.2, 0.25) is 0 Å². The summed E-state index contributed by atoms with van der Waals surface area (Å²) in [4.78, 5) is 23.7. The molecule has 4 nitrogen and oxygen atoms in total. The Morgan fingerprint density at radius 2 is 1.62 bits per heavy atom. The van der Waals surface area contributed by atoms with Crippen molar-refractivity contribution < 1.29 is 27.2 Å². The second-order valence-electron chi connectivity index (χ2n) is 4.98. The van der Waals surface area contributed by atoms with E-state index in [0.29, 0.717) is 11.0 Å². The van der Waals surface area contributed by atoms with Gasteiger partial charge >= 0.3 is 6.18 Å². The molecule has 0 aliphatic carbocycles. The van der Waals surface area contributed by atoms with Gasteiger partial charge in [0.05, 0.1) is 11.3 Å². The van der Waals surface area contributed by atoms with E-state index < -0.39 is 23.4 Å². The lowest BCUT2D eigenvalue weighted by Crippen LogP contribution is -2.24. The van der Waals surface area contributed by atoms with Crippen molar-refractivity contribution in [1.29, 1.82) is 0 Å². The molecule has 0 radical (unpaired) electrons. The number of alkyl halides is 3. The van der Waals surface area contributed by atoms with E-state index in [2.05, 4.69) is 5.32 Å². The molecule has 1 heterocycles. The normalized spacial score (nSPS) is 11.5. The number of carbonyl (C=O) groups excluding carboxylic acids is 2. The highest BCUT2D eigenvalue weighted by Crippen LogP contribution is 2.27. The number of hydrogen-bond donors (Lipinski definition) is 1. The number of carbonyl (C=O) groups is 2. The third-order valence-corrected chi connectivity index (χ3v) is 3.33. The van der Waals surface area contributed by atoms with E-state index in [4.69, 9.17) is 4.42 Å². The summed E-state index contributed by atoms with van der Waals surface area (Å²) in [5, 5.41) is 2.97. The first-order chi connectivity index (χ1) is 11.4. The molecule has 0 aliphatic heterocycles. The summed E-state index contributed by atoms with van der Waals surface area (Å²) in [6.07, 6.45) is -5.03. The Hall–Kier alpha value is -3.09. The van der Waals surface area contributed by atoms with Gasteiger partial charge in [-0.25, -0.2) is 0 Å². The molecule has 3 aromatic rings. The van der Waals surface area contributed by atoms with Crippen LogP contribution >= 0.6 is 0 Å². The summed E-state index contributed by atoms with van der Waals surface area (Å²) >= 11 is 0. The van der Waals surface area contributed by atoms with Crippen molar-refractivity contribution in [3.63, 3.8) is 0 Å². The number of ketones is 1. The second kappa shape index (κ2) is 5.84. The lowest BCUT2D eigenvalue weighted by Gasteiger charge is -2.11. The highest BCUT2D eigenvalue weighted by atomic mass is 19.4. The Morgan fingerprint density at radius 3 is 2.33 bits per heavy atom. The van der Waals surface area contributed by atoms with E-state index in [9.17, 15) is 22.8 Å². The molecule has 0 unspecified atom stereocenters. The first kappa shape index (κ1) is 15.8. The maximum atomic E-state index is 12.6. The van der Waals surface area contributed by atoms with Gasteiger partial charge in [0.25, 0.3) is 11.7 Å². The number of hydrogen-bond acceptors (Lipinski definition) is 3. The van der Waals surface area contributed by atoms with E-state index in [0.717, 1.165) is 6.07 Å². The molecule has 0 saturated heterocycles. The molecule has 24 heavy (non-hydrogen) atoms. The Bertz CT molecular complexity index is 895. The van der Waals surface area contributed by atoms with Gasteiger partial charge < -0.3 is 9.73 Å². The summed E-state index contributed by atoms with van der Waals surface area (Å²) in [6.45, 7) is 0. The first-order valence-electron chi connectivity index (χ1n) is 6.87. The van der Waals surface area contributed by atoms with Gasteiger partial charge in [-0.05, 0) is 24.3 Å². The third-order valence-electron chi connectivity index (χ3n) is 3.33. The van der Waals surface area contributed by atoms with Crippen LogP contribution in [0.2, 0.25) is 0 Å². The minimum Gasteiger partial charge on any atom is -0.451 e. The van der Waals surface area contributed by atoms with Crippen LogP contribution in [-0.2, 0) is 0 Å². The van der Waals surface area contributed by atoms with Crippen LogP contribution in [0.4, 0.5) is 18.9 Å². The predicted molar refractivity (Wildman–Crippen MR) is 81.0 cm³/mol. The molecule has 0 atom stereocenters. The van der Waals surface area contributed by atoms with Crippen molar-refractivity contribution in [3.05, 3.63) is 65.9 Å². The standard InChI is InChI=1S/C17H10F3NO3/c18-17(19,20)15(22)11-6-2-3-7-12(11)21-16(23)14-9-10-5-1-4-8-13(10)24-14/h1-9H,(H,21,23). The van der Waals surface area contributed by atoms with Crippen LogP contribution < -0.4 is 5.32 Å². The average molecular weight is 333 g/mol. The fourth-order valence-electron chi connectivity index (χ4n) is 2.22. The van der Waals surface area contributed by atoms with E-state index in [1.807, 2.05) is 0 Å². The average Bonchev–Trinajstić information content (AvgIpc) is 2.98. The molecule has 122 valence electrons. The molecule has 0 bridgehead atoms. The zero-order valence-electron chi connectivity index (χ0n) is 12.1. The monoisotopic (exact) mass is 333 g/mol. The molecule has 1 aromatic heterocycles. The number of para-hydroxylation sites is 2. The number of rotatable bonds is 3. The van der Waals surface area contributed by atoms with Gasteiger partial charge in [0.1, 0.15) is 5.58 Å². The molecule has 0 fully saturated rings. The summed E-state index contributed by atoms with van der Waals surface area (Å²) in [6, 6.07) is 13.3. The number of Topliss-reactive ketones (excluding diaryl/α,β-unsaturated/α-hetero) is 1. The Balaban J connectivity index is 1.91. The van der Waals surface area contributed by atoms with Gasteiger partial charge in [0.15, 0.2) is 5.76 Å². The SMILES string of the molecule is O=C(Nc1ccccc1C(=O)C(F)(F)F)c1cc2ccccc2o1. The highest BCUT2D eigenvalue weighted by molar-refractivity contribution is 6.10. The Morgan fingerprint density at radius 1 is 0.958 bits per heavy atom. The van der Waals surface area contributed by atoms with Crippen molar-refractivity contribution in [3.8, 4) is 0 Å². The molecule has 0 aliphatic rings. The number of anilines is 1. The highest BCUT2D eigenvalue weighted by Gasteiger charge is 2.40. The van der Waals surface area contributed by atoms with E-state index in [1.54, 1.807) is 24.3 Å². The van der Waals surface area contributed by atoms with Crippen molar-refractivity contribution in [2.45, 2.75) is 6.18 Å². The number of benzene rings is 2. The molecule has 1 amide bonds. The lowest BCUT2D eigenvalue weighted by molar-refractivity contribution is -0.0884. The van der Waals surface area contributed by atoms with Crippen LogP contribution in [0, 0.1) is 0 Å². The van der Waals surface area contributed by atoms with Crippen LogP contribution in [0.5, 0.6) is 0 Å². The zero-order chi connectivity index (χ0) is 17.3. The molecule has 0 saturated carbocycles. The quantitative estimate of drug-likeness (QED) is 0.721. The minimum atomic E-state index is -5.03. The van der Waals surface area contributed by atoms with E-state index in [1.165, 1.54) is 24.3 Å². The van der Waals surface area contributed by atoms with Crippen molar-refractivity contribution >= 4 is 28.3 Å². The number of fused-ring (bicyclic) bond motifs is 1. The second-order valence-corrected chi connectivity index (χ2v) is 4.98. The van der Waals surface area contributed by atoms with Gasteiger partial charge in [0, 0.05) is 5.39 Å². The zero-order valence-corrected chi connectivity index (χ0v) is 12.1. The van der Waals surface area contributed by atoms with Crippen molar-refractivity contribution in [2.24, 2.45) is 0 Å². The predicted octanol–water partition coefficient (Wildman–Crippen LogP) is 4.43. The van der Waals surface area contributed by atoms with Gasteiger partial charge in [-0.1, -0.05) is 30.3 Å². The number of halogens is 3. The molecule has 2 aromatic carbocycles. The molecule has 0 spiro atoms. The van der Waals surface area contributed by atoms with Crippen LogP contribution in [0.1, 0.15) is 20.9 Å². The van der Waals surface area contributed by atoms with Crippen molar-refractivity contribution in [2.75, 3.05) is 5.32 Å². The molecular weight excluding hydrogens is 323 g/mol. The van der Waals surface area contributed by atoms with Gasteiger partial charge in [-0.2, -0.15) is 13.2 Å². The lowest BCUT2D eigenvalue weighted by atomic mass is 10.1. The first-order valence-corrected chi connectivity index (χ1v) is 6.87. The largest absolute Gasteiger partial charge is 0.454 e. The summed E-state index contributed by atoms with van der Waals surface area (Å²) in [7, 11) is 0. The molecule has 3 rings (SSSR count). The fraction of sp³-hybridized carbons (Fsp3) is 0.0588. The van der Waals surface area contributed by atoms with Crippen LogP contribution in [-0.4, -0.2) is 17.9 Å². The fourth-order valence-corrected chi connectivity index (χ4v) is 2.22.